The van der Waals surface area contributed by atoms with E-state index in [1.807, 2.05) is 4.90 Å². The van der Waals surface area contributed by atoms with Crippen LogP contribution in [-0.2, 0) is 9.53 Å². The molecule has 1 aromatic carbocycles. The van der Waals surface area contributed by atoms with Gasteiger partial charge in [-0.15, -0.1) is 0 Å². The lowest BCUT2D eigenvalue weighted by Crippen LogP contribution is -2.40. The van der Waals surface area contributed by atoms with Gasteiger partial charge in [0.15, 0.2) is 11.6 Å². The Labute approximate surface area is 167 Å². The molecule has 1 aromatic heterocycles. The van der Waals surface area contributed by atoms with Crippen molar-refractivity contribution in [1.82, 2.24) is 9.97 Å². The van der Waals surface area contributed by atoms with E-state index in [0.717, 1.165) is 19.4 Å². The number of nitrogens with zero attached hydrogens (tertiary/aromatic N) is 3. The first kappa shape index (κ1) is 19.5. The van der Waals surface area contributed by atoms with E-state index < -0.39 is 0 Å². The van der Waals surface area contributed by atoms with Gasteiger partial charge in [-0.2, -0.15) is 0 Å². The number of ether oxygens (including phenoxy) is 1. The molecule has 0 aliphatic carbocycles. The lowest BCUT2D eigenvalue weighted by atomic mass is 9.98. The second-order valence-electron chi connectivity index (χ2n) is 6.22. The zero-order chi connectivity index (χ0) is 19.4. The topological polar surface area (TPSA) is 93.4 Å². The summed E-state index contributed by atoms with van der Waals surface area (Å²) in [6.07, 6.45) is 3.08. The van der Waals surface area contributed by atoms with E-state index in [-0.39, 0.29) is 11.9 Å². The molecule has 3 N–H and O–H groups in total. The Bertz CT molecular complexity index is 833. The summed E-state index contributed by atoms with van der Waals surface area (Å²) in [6, 6.07) is 5.27. The number of carbonyl (C=O) groups is 1. The lowest BCUT2D eigenvalue weighted by Gasteiger charge is -2.33. The molecular weight excluding hydrogens is 389 g/mol. The Morgan fingerprint density at radius 3 is 3.00 bits per heavy atom. The van der Waals surface area contributed by atoms with Crippen molar-refractivity contribution in [3.05, 3.63) is 34.6 Å². The first-order valence-electron chi connectivity index (χ1n) is 8.74. The van der Waals surface area contributed by atoms with E-state index in [1.165, 1.54) is 6.33 Å². The number of aromatic nitrogens is 2. The molecule has 1 saturated heterocycles. The molecule has 0 bridgehead atoms. The number of hydrogen-bond acceptors (Lipinski definition) is 7. The smallest absolute Gasteiger partial charge is 0.310 e. The molecule has 7 nitrogen and oxygen atoms in total. The number of hydrogen-bond donors (Lipinski definition) is 2. The Balaban J connectivity index is 1.82. The number of carbonyl (C=O) groups excluding carboxylic acids is 1. The number of piperidine rings is 1. The molecule has 3 rings (SSSR count). The SMILES string of the molecule is CCOC(=O)C1CCCN(c2ncnc(Nc3cccc(Cl)c3Cl)c2N)C1. The highest BCUT2D eigenvalue weighted by molar-refractivity contribution is 6.43. The van der Waals surface area contributed by atoms with Crippen LogP contribution in [0.25, 0.3) is 0 Å². The molecule has 9 heteroatoms. The van der Waals surface area contributed by atoms with E-state index in [0.29, 0.717) is 46.2 Å². The van der Waals surface area contributed by atoms with Crippen molar-refractivity contribution in [3.8, 4) is 0 Å². The molecule has 27 heavy (non-hydrogen) atoms. The quantitative estimate of drug-likeness (QED) is 0.723. The summed E-state index contributed by atoms with van der Waals surface area (Å²) in [7, 11) is 0. The molecule has 1 unspecified atom stereocenters. The molecule has 144 valence electrons. The summed E-state index contributed by atoms with van der Waals surface area (Å²) in [5.74, 6) is 0.646. The minimum absolute atomic E-state index is 0.182. The standard InChI is InChI=1S/C18H21Cl2N5O2/c1-2-27-18(26)11-5-4-8-25(9-11)17-15(21)16(22-10-23-17)24-13-7-3-6-12(19)14(13)20/h3,6-7,10-11H,2,4-5,8-9,21H2,1H3,(H,22,23,24). The average Bonchev–Trinajstić information content (AvgIpc) is 2.67. The van der Waals surface area contributed by atoms with E-state index in [9.17, 15) is 4.79 Å². The van der Waals surface area contributed by atoms with E-state index in [4.69, 9.17) is 33.7 Å². The number of nitrogens with two attached hydrogens (primary N) is 1. The van der Waals surface area contributed by atoms with Crippen LogP contribution < -0.4 is 16.0 Å². The van der Waals surface area contributed by atoms with Gasteiger partial charge in [0.1, 0.15) is 12.0 Å². The van der Waals surface area contributed by atoms with Gasteiger partial charge in [0.25, 0.3) is 0 Å². The summed E-state index contributed by atoms with van der Waals surface area (Å²) < 4.78 is 5.15. The Kier molecular flexibility index (Phi) is 6.23. The highest BCUT2D eigenvalue weighted by Crippen LogP contribution is 2.35. The average molecular weight is 410 g/mol. The van der Waals surface area contributed by atoms with Crippen molar-refractivity contribution in [3.63, 3.8) is 0 Å². The summed E-state index contributed by atoms with van der Waals surface area (Å²) in [5.41, 5.74) is 7.30. The molecule has 2 heterocycles. The van der Waals surface area contributed by atoms with E-state index in [1.54, 1.807) is 25.1 Å². The van der Waals surface area contributed by atoms with Crippen molar-refractivity contribution in [1.29, 1.82) is 0 Å². The maximum absolute atomic E-state index is 12.1. The van der Waals surface area contributed by atoms with Crippen molar-refractivity contribution in [2.24, 2.45) is 5.92 Å². The van der Waals surface area contributed by atoms with Crippen LogP contribution in [-0.4, -0.2) is 35.6 Å². The van der Waals surface area contributed by atoms with Gasteiger partial charge in [-0.1, -0.05) is 29.3 Å². The Hall–Kier alpha value is -2.25. The fraction of sp³-hybridized carbons (Fsp3) is 0.389. The van der Waals surface area contributed by atoms with Crippen LogP contribution in [0.2, 0.25) is 10.0 Å². The number of benzene rings is 1. The first-order chi connectivity index (χ1) is 13.0. The molecule has 0 radical (unpaired) electrons. The van der Waals surface area contributed by atoms with E-state index in [2.05, 4.69) is 15.3 Å². The van der Waals surface area contributed by atoms with Gasteiger partial charge in [0.05, 0.1) is 28.3 Å². The maximum atomic E-state index is 12.1. The fourth-order valence-corrected chi connectivity index (χ4v) is 3.44. The molecule has 0 saturated carbocycles. The van der Waals surface area contributed by atoms with Gasteiger partial charge in [0.2, 0.25) is 0 Å². The summed E-state index contributed by atoms with van der Waals surface area (Å²) >= 11 is 12.3. The van der Waals surface area contributed by atoms with E-state index >= 15 is 0 Å². The highest BCUT2D eigenvalue weighted by atomic mass is 35.5. The molecule has 2 aromatic rings. The predicted molar refractivity (Wildman–Crippen MR) is 108 cm³/mol. The second-order valence-corrected chi connectivity index (χ2v) is 7.01. The monoisotopic (exact) mass is 409 g/mol. The van der Waals surface area contributed by atoms with Gasteiger partial charge < -0.3 is 20.7 Å². The van der Waals surface area contributed by atoms with Gasteiger partial charge in [-0.3, -0.25) is 4.79 Å². The molecular formula is C18H21Cl2N5O2. The summed E-state index contributed by atoms with van der Waals surface area (Å²) in [6.45, 7) is 3.45. The van der Waals surface area contributed by atoms with Crippen LogP contribution in [0.3, 0.4) is 0 Å². The van der Waals surface area contributed by atoms with Crippen LogP contribution in [0.5, 0.6) is 0 Å². The third kappa shape index (κ3) is 4.36. The van der Waals surface area contributed by atoms with Crippen molar-refractivity contribution < 1.29 is 9.53 Å². The van der Waals surface area contributed by atoms with Gasteiger partial charge in [0, 0.05) is 13.1 Å². The number of halogens is 2. The van der Waals surface area contributed by atoms with Crippen LogP contribution in [0, 0.1) is 5.92 Å². The summed E-state index contributed by atoms with van der Waals surface area (Å²) in [5, 5.41) is 3.93. The maximum Gasteiger partial charge on any atom is 0.310 e. The van der Waals surface area contributed by atoms with Crippen LogP contribution >= 0.6 is 23.2 Å². The molecule has 0 spiro atoms. The van der Waals surface area contributed by atoms with Crippen molar-refractivity contribution >= 4 is 52.2 Å². The third-order valence-electron chi connectivity index (χ3n) is 4.41. The predicted octanol–water partition coefficient (Wildman–Crippen LogP) is 3.89. The number of nitrogens with one attached hydrogen (secondary N) is 1. The first-order valence-corrected chi connectivity index (χ1v) is 9.50. The number of esters is 1. The zero-order valence-electron chi connectivity index (χ0n) is 14.9. The number of anilines is 4. The van der Waals surface area contributed by atoms with Crippen LogP contribution in [0.15, 0.2) is 24.5 Å². The fourth-order valence-electron chi connectivity index (χ4n) is 3.09. The van der Waals surface area contributed by atoms with Gasteiger partial charge >= 0.3 is 5.97 Å². The third-order valence-corrected chi connectivity index (χ3v) is 5.23. The molecule has 1 fully saturated rings. The van der Waals surface area contributed by atoms with Crippen molar-refractivity contribution in [2.75, 3.05) is 35.6 Å². The van der Waals surface area contributed by atoms with Crippen LogP contribution in [0.1, 0.15) is 19.8 Å². The minimum atomic E-state index is -0.188. The van der Waals surface area contributed by atoms with Crippen LogP contribution in [0.4, 0.5) is 23.0 Å². The largest absolute Gasteiger partial charge is 0.466 e. The second kappa shape index (κ2) is 8.63. The zero-order valence-corrected chi connectivity index (χ0v) is 16.4. The molecule has 1 atom stereocenters. The summed E-state index contributed by atoms with van der Waals surface area (Å²) in [4.78, 5) is 22.6. The van der Waals surface area contributed by atoms with Crippen molar-refractivity contribution in [2.45, 2.75) is 19.8 Å². The molecule has 1 aliphatic heterocycles. The van der Waals surface area contributed by atoms with Gasteiger partial charge in [-0.25, -0.2) is 9.97 Å². The Morgan fingerprint density at radius 2 is 2.22 bits per heavy atom. The Morgan fingerprint density at radius 1 is 1.41 bits per heavy atom. The number of nitrogen functional groups attached to an aromatic ring is 1. The normalized spacial score (nSPS) is 16.9. The lowest BCUT2D eigenvalue weighted by molar-refractivity contribution is -0.148. The number of rotatable bonds is 5. The molecule has 0 amide bonds. The highest BCUT2D eigenvalue weighted by Gasteiger charge is 2.29. The molecule has 1 aliphatic rings. The minimum Gasteiger partial charge on any atom is -0.466 e. The van der Waals surface area contributed by atoms with Gasteiger partial charge in [-0.05, 0) is 31.9 Å².